The fourth-order valence-corrected chi connectivity index (χ4v) is 2.75. The lowest BCUT2D eigenvalue weighted by Gasteiger charge is -2.07. The molecule has 0 saturated carbocycles. The van der Waals surface area contributed by atoms with Crippen LogP contribution in [0.2, 0.25) is 0 Å². The van der Waals surface area contributed by atoms with E-state index in [9.17, 15) is 9.59 Å². The number of carbonyl (C=O) groups is 2. The highest BCUT2D eigenvalue weighted by Gasteiger charge is 2.13. The van der Waals surface area contributed by atoms with Gasteiger partial charge in [-0.15, -0.1) is 5.10 Å². The molecule has 2 N–H and O–H groups in total. The first-order valence-corrected chi connectivity index (χ1v) is 9.27. The van der Waals surface area contributed by atoms with E-state index in [0.29, 0.717) is 22.7 Å². The fourth-order valence-electron chi connectivity index (χ4n) is 2.75. The number of nitrogens with zero attached hydrogens (tertiary/aromatic N) is 2. The largest absolute Gasteiger partial charge is 0.403 e. The number of nitrogens with one attached hydrogen (secondary N) is 2. The highest BCUT2D eigenvalue weighted by atomic mass is 16.4. The number of benzene rings is 3. The van der Waals surface area contributed by atoms with Crippen LogP contribution >= 0.6 is 0 Å². The predicted octanol–water partition coefficient (Wildman–Crippen LogP) is 4.55. The summed E-state index contributed by atoms with van der Waals surface area (Å²) in [6.07, 6.45) is 0. The first-order chi connectivity index (χ1) is 14.6. The molecular formula is C23H18N4O3. The highest BCUT2D eigenvalue weighted by molar-refractivity contribution is 6.05. The van der Waals surface area contributed by atoms with Crippen LogP contribution in [0.4, 0.5) is 11.7 Å². The van der Waals surface area contributed by atoms with Crippen molar-refractivity contribution in [1.29, 1.82) is 0 Å². The second-order valence-corrected chi connectivity index (χ2v) is 6.63. The van der Waals surface area contributed by atoms with E-state index in [1.54, 1.807) is 36.4 Å². The summed E-state index contributed by atoms with van der Waals surface area (Å²) < 4.78 is 5.48. The first kappa shape index (κ1) is 19.1. The van der Waals surface area contributed by atoms with E-state index in [2.05, 4.69) is 20.8 Å². The molecule has 0 aliphatic heterocycles. The topological polar surface area (TPSA) is 97.1 Å². The molecule has 30 heavy (non-hydrogen) atoms. The lowest BCUT2D eigenvalue weighted by Crippen LogP contribution is -2.14. The maximum Gasteiger partial charge on any atom is 0.322 e. The van der Waals surface area contributed by atoms with E-state index < -0.39 is 5.91 Å². The van der Waals surface area contributed by atoms with Crippen LogP contribution in [0, 0.1) is 6.92 Å². The van der Waals surface area contributed by atoms with Crippen molar-refractivity contribution in [2.24, 2.45) is 0 Å². The van der Waals surface area contributed by atoms with Gasteiger partial charge in [-0.1, -0.05) is 41.0 Å². The average Bonchev–Trinajstić information content (AvgIpc) is 3.24. The van der Waals surface area contributed by atoms with Gasteiger partial charge >= 0.3 is 6.01 Å². The SMILES string of the molecule is Cc1ccc(C(=O)Nc2ccc(C(=O)Nc3nnc(-c4ccccc4)o3)cc2)cc1. The average molecular weight is 398 g/mol. The van der Waals surface area contributed by atoms with Crippen LogP contribution < -0.4 is 10.6 Å². The van der Waals surface area contributed by atoms with Gasteiger partial charge in [0.1, 0.15) is 0 Å². The molecule has 0 fully saturated rings. The Morgan fingerprint density at radius 3 is 2.00 bits per heavy atom. The Hall–Kier alpha value is -4.26. The number of anilines is 2. The molecule has 0 aliphatic rings. The Kier molecular flexibility index (Phi) is 5.34. The summed E-state index contributed by atoms with van der Waals surface area (Å²) in [5.41, 5.74) is 3.38. The molecule has 0 atom stereocenters. The van der Waals surface area contributed by atoms with Gasteiger partial charge in [0.05, 0.1) is 0 Å². The zero-order chi connectivity index (χ0) is 20.9. The van der Waals surface area contributed by atoms with Crippen LogP contribution in [0.15, 0.2) is 83.3 Å². The summed E-state index contributed by atoms with van der Waals surface area (Å²) in [4.78, 5) is 24.7. The number of carbonyl (C=O) groups excluding carboxylic acids is 2. The minimum absolute atomic E-state index is 0.00982. The molecule has 3 aromatic carbocycles. The molecule has 4 rings (SSSR count). The third kappa shape index (κ3) is 4.41. The van der Waals surface area contributed by atoms with E-state index in [-0.39, 0.29) is 11.9 Å². The van der Waals surface area contributed by atoms with E-state index in [4.69, 9.17) is 4.42 Å². The van der Waals surface area contributed by atoms with Crippen molar-refractivity contribution < 1.29 is 14.0 Å². The van der Waals surface area contributed by atoms with Gasteiger partial charge in [-0.25, -0.2) is 0 Å². The quantitative estimate of drug-likeness (QED) is 0.514. The molecule has 2 amide bonds. The summed E-state index contributed by atoms with van der Waals surface area (Å²) >= 11 is 0. The molecule has 1 aromatic heterocycles. The number of hydrogen-bond acceptors (Lipinski definition) is 5. The van der Waals surface area contributed by atoms with Crippen molar-refractivity contribution in [1.82, 2.24) is 10.2 Å². The maximum absolute atomic E-state index is 12.4. The second-order valence-electron chi connectivity index (χ2n) is 6.63. The van der Waals surface area contributed by atoms with Gasteiger partial charge in [-0.3, -0.25) is 14.9 Å². The molecule has 0 spiro atoms. The second kappa shape index (κ2) is 8.40. The van der Waals surface area contributed by atoms with Crippen LogP contribution in [0.25, 0.3) is 11.5 Å². The van der Waals surface area contributed by atoms with Gasteiger partial charge in [0.15, 0.2) is 0 Å². The zero-order valence-corrected chi connectivity index (χ0v) is 16.1. The minimum Gasteiger partial charge on any atom is -0.403 e. The Morgan fingerprint density at radius 2 is 1.33 bits per heavy atom. The molecule has 0 saturated heterocycles. The van der Waals surface area contributed by atoms with Crippen LogP contribution in [0.5, 0.6) is 0 Å². The molecular weight excluding hydrogens is 380 g/mol. The standard InChI is InChI=1S/C23H18N4O3/c1-15-7-9-16(10-8-15)20(28)24-19-13-11-17(12-14-19)21(29)25-23-27-26-22(30-23)18-5-3-2-4-6-18/h2-14H,1H3,(H,24,28)(H,25,27,29). The predicted molar refractivity (Wildman–Crippen MR) is 113 cm³/mol. The highest BCUT2D eigenvalue weighted by Crippen LogP contribution is 2.20. The Balaban J connectivity index is 1.39. The van der Waals surface area contributed by atoms with Crippen molar-refractivity contribution in [3.05, 3.63) is 95.6 Å². The molecule has 4 aromatic rings. The molecule has 1 heterocycles. The van der Waals surface area contributed by atoms with Gasteiger partial charge in [0.2, 0.25) is 5.89 Å². The lowest BCUT2D eigenvalue weighted by atomic mass is 10.1. The van der Waals surface area contributed by atoms with Gasteiger partial charge in [-0.05, 0) is 55.5 Å². The van der Waals surface area contributed by atoms with Crippen LogP contribution in [-0.4, -0.2) is 22.0 Å². The van der Waals surface area contributed by atoms with Crippen molar-refractivity contribution in [2.75, 3.05) is 10.6 Å². The smallest absolute Gasteiger partial charge is 0.322 e. The van der Waals surface area contributed by atoms with Crippen molar-refractivity contribution >= 4 is 23.5 Å². The summed E-state index contributed by atoms with van der Waals surface area (Å²) in [5, 5.41) is 13.2. The van der Waals surface area contributed by atoms with Gasteiger partial charge < -0.3 is 9.73 Å². The summed E-state index contributed by atoms with van der Waals surface area (Å²) in [7, 11) is 0. The monoisotopic (exact) mass is 398 g/mol. The number of aryl methyl sites for hydroxylation is 1. The van der Waals surface area contributed by atoms with E-state index in [0.717, 1.165) is 11.1 Å². The summed E-state index contributed by atoms with van der Waals surface area (Å²) in [6.45, 7) is 1.96. The number of hydrogen-bond donors (Lipinski definition) is 2. The maximum atomic E-state index is 12.4. The van der Waals surface area contributed by atoms with E-state index in [1.807, 2.05) is 49.4 Å². The minimum atomic E-state index is -0.394. The Labute approximate surface area is 172 Å². The van der Waals surface area contributed by atoms with Gasteiger partial charge in [0, 0.05) is 22.4 Å². The molecule has 148 valence electrons. The third-order valence-corrected chi connectivity index (χ3v) is 4.38. The lowest BCUT2D eigenvalue weighted by molar-refractivity contribution is 0.101. The van der Waals surface area contributed by atoms with Crippen molar-refractivity contribution in [3.63, 3.8) is 0 Å². The van der Waals surface area contributed by atoms with Crippen molar-refractivity contribution in [2.45, 2.75) is 6.92 Å². The normalized spacial score (nSPS) is 10.4. The van der Waals surface area contributed by atoms with Gasteiger partial charge in [-0.2, -0.15) is 0 Å². The van der Waals surface area contributed by atoms with Crippen LogP contribution in [0.1, 0.15) is 26.3 Å². The van der Waals surface area contributed by atoms with E-state index in [1.165, 1.54) is 0 Å². The molecule has 0 aliphatic carbocycles. The number of aromatic nitrogens is 2. The summed E-state index contributed by atoms with van der Waals surface area (Å²) in [5.74, 6) is -0.291. The molecule has 0 radical (unpaired) electrons. The molecule has 0 bridgehead atoms. The summed E-state index contributed by atoms with van der Waals surface area (Å²) in [6, 6.07) is 23.1. The Bertz CT molecular complexity index is 1170. The molecule has 7 heteroatoms. The first-order valence-electron chi connectivity index (χ1n) is 9.27. The van der Waals surface area contributed by atoms with Crippen LogP contribution in [0.3, 0.4) is 0 Å². The Morgan fingerprint density at radius 1 is 0.733 bits per heavy atom. The van der Waals surface area contributed by atoms with E-state index >= 15 is 0 Å². The molecule has 7 nitrogen and oxygen atoms in total. The van der Waals surface area contributed by atoms with Crippen LogP contribution in [-0.2, 0) is 0 Å². The van der Waals surface area contributed by atoms with Gasteiger partial charge in [0.25, 0.3) is 11.8 Å². The zero-order valence-electron chi connectivity index (χ0n) is 16.1. The van der Waals surface area contributed by atoms with Crippen molar-refractivity contribution in [3.8, 4) is 11.5 Å². The molecule has 0 unspecified atom stereocenters. The number of amides is 2. The number of rotatable bonds is 5. The third-order valence-electron chi connectivity index (χ3n) is 4.38. The fraction of sp³-hybridized carbons (Fsp3) is 0.0435.